The molecule has 116 heavy (non-hydrogen) atoms. The lowest BCUT2D eigenvalue weighted by Gasteiger charge is -2.33. The fraction of sp³-hybridized carbons (Fsp3) is 0.290. The van der Waals surface area contributed by atoms with E-state index < -0.39 is 8.37 Å². The smallest absolute Gasteiger partial charge is 0.353 e. The van der Waals surface area contributed by atoms with Crippen LogP contribution >= 0.6 is 8.37 Å². The summed E-state index contributed by atoms with van der Waals surface area (Å²) in [7, 11) is 11.3. The summed E-state index contributed by atoms with van der Waals surface area (Å²) < 4.78 is 62.5. The number of fused-ring (bicyclic) bond motifs is 5. The zero-order valence-electron chi connectivity index (χ0n) is 70.4. The van der Waals surface area contributed by atoms with Gasteiger partial charge in [-0.3, -0.25) is 0 Å². The Balaban J connectivity index is 0.000000129. The van der Waals surface area contributed by atoms with E-state index in [-0.39, 0.29) is 10.8 Å². The first-order valence-corrected chi connectivity index (χ1v) is 41.4. The summed E-state index contributed by atoms with van der Waals surface area (Å²) in [6, 6.07) is 82.1. The summed E-state index contributed by atoms with van der Waals surface area (Å²) in [5.74, 6) is 8.26. The van der Waals surface area contributed by atoms with E-state index in [0.717, 1.165) is 102 Å². The molecule has 0 saturated heterocycles. The molecular formula is C100H113N7O8P+5. The van der Waals surface area contributed by atoms with Crippen LogP contribution in [0.4, 0.5) is 17.1 Å². The van der Waals surface area contributed by atoms with Gasteiger partial charge in [-0.2, -0.15) is 22.6 Å². The average molecular weight is 1570 g/mol. The maximum absolute atomic E-state index is 6.55. The lowest BCUT2D eigenvalue weighted by Crippen LogP contribution is -2.35. The standard InChI is InChI=1S/C33H34NO.C21H18NO2.C17H18NO2.C16H22NO2.C13H21N3OP/c1-24-14-12-13-19-30(24)34-22-25-20-28(32(2,3)26-15-8-6-9-16-26)21-29(31(25)35-23-34)33(4,5)27-17-10-7-11-18-27;1-16-12-20(24-19-10-6-3-7-11-19)13-17-14-22(15-23-21(16)17)18-8-4-2-5-9-18;1-12-6-4-5-7-16(12)18-10-14-9-15(19-3)8-13(2)17(14)20-11-18;1-12-8-15(18-2)9-13-10-17(11-19-16(12)13)14-6-4-3-5-7-14;1-11-7-6-8-12-9-16(10-17-13(11)12)18(14(2)3)15(4)5/h6-22H,23H2,1-5H3;2-14H,15H2,1H3;4-10H,11H2,1-3H3;8-10,14H,3-7,11H2,1-2H3;6-9H,10H2,1-5H3/q5*+1. The van der Waals surface area contributed by atoms with Gasteiger partial charge in [0.05, 0.1) is 42.0 Å². The first kappa shape index (κ1) is 82.5. The molecule has 15 nitrogen and oxygen atoms in total. The quantitative estimate of drug-likeness (QED) is 0.0729. The van der Waals surface area contributed by atoms with E-state index >= 15 is 0 Å². The third kappa shape index (κ3) is 19.4. The number of hydrogen-bond donors (Lipinski definition) is 0. The Kier molecular flexibility index (Phi) is 26.6. The number of ether oxygens (including phenoxy) is 8. The van der Waals surface area contributed by atoms with Gasteiger partial charge in [-0.25, -0.2) is 9.34 Å². The fourth-order valence-electron chi connectivity index (χ4n) is 15.9. The molecule has 0 N–H and O–H groups in total. The monoisotopic (exact) mass is 1570 g/mol. The molecule has 0 aromatic heterocycles. The highest BCUT2D eigenvalue weighted by Gasteiger charge is 2.37. The molecule has 11 aromatic carbocycles. The van der Waals surface area contributed by atoms with Crippen molar-refractivity contribution in [3.8, 4) is 51.7 Å². The summed E-state index contributed by atoms with van der Waals surface area (Å²) in [6.45, 7) is 24.6. The van der Waals surface area contributed by atoms with E-state index in [1.54, 1.807) is 14.2 Å². The van der Waals surface area contributed by atoms with E-state index in [1.165, 1.54) is 82.4 Å². The number of para-hydroxylation sites is 5. The van der Waals surface area contributed by atoms with E-state index in [4.69, 9.17) is 37.9 Å². The van der Waals surface area contributed by atoms with Crippen LogP contribution in [-0.2, 0) is 10.8 Å². The fourth-order valence-corrected chi connectivity index (χ4v) is 17.9. The molecule has 1 aliphatic carbocycles. The Labute approximate surface area is 688 Å². The van der Waals surface area contributed by atoms with Gasteiger partial charge in [0.2, 0.25) is 17.1 Å². The molecular weight excluding hydrogens is 1460 g/mol. The van der Waals surface area contributed by atoms with Gasteiger partial charge >= 0.3 is 8.37 Å². The molecule has 1 saturated carbocycles. The Morgan fingerprint density at radius 2 is 0.767 bits per heavy atom. The van der Waals surface area contributed by atoms with E-state index in [9.17, 15) is 0 Å². The Morgan fingerprint density at radius 3 is 1.30 bits per heavy atom. The SMILES string of the molecule is COc1cc(C)c2c(c1)C=[N+](C1CCCCC1)CO2.COc1cc(C)c2c(c1)C=[N+](c1ccccc1C)CO2.Cc1cc(Oc2ccccc2)cc2c1OC[N+](c1ccccc1)=C2.Cc1cccc2c1OC[N+](P(N(C)C)N(C)C)=C2.Cc1ccccc1[N+]1=Cc2cc(C(C)(C)c3ccccc3)cc(C(C)(C)c3ccccc3)c2OC1. The second-order valence-corrected chi connectivity index (χ2v) is 34.4. The molecule has 17 rings (SSSR count). The number of hydrogen-bond acceptors (Lipinski definition) is 10. The maximum atomic E-state index is 6.55. The topological polar surface area (TPSA) is 95.4 Å². The lowest BCUT2D eigenvalue weighted by atomic mass is 9.72. The molecule has 0 unspecified atom stereocenters. The van der Waals surface area contributed by atoms with Crippen molar-refractivity contribution in [1.29, 1.82) is 0 Å². The Hall–Kier alpha value is -11.5. The van der Waals surface area contributed by atoms with Crippen LogP contribution in [0, 0.1) is 41.5 Å². The van der Waals surface area contributed by atoms with Crippen LogP contribution in [0.5, 0.6) is 51.7 Å². The molecule has 0 spiro atoms. The number of benzene rings is 11. The van der Waals surface area contributed by atoms with Crippen LogP contribution in [0.2, 0.25) is 0 Å². The van der Waals surface area contributed by atoms with Crippen molar-refractivity contribution < 1.29 is 60.5 Å². The molecule has 6 aliphatic rings. The predicted octanol–water partition coefficient (Wildman–Crippen LogP) is 21.3. The molecule has 16 heteroatoms. The Morgan fingerprint density at radius 1 is 0.345 bits per heavy atom. The van der Waals surface area contributed by atoms with Crippen molar-refractivity contribution in [3.05, 3.63) is 320 Å². The van der Waals surface area contributed by atoms with E-state index in [0.29, 0.717) is 39.7 Å². The number of aryl methyl sites for hydroxylation is 6. The minimum Gasteiger partial charge on any atom is -0.497 e. The second-order valence-electron chi connectivity index (χ2n) is 31.8. The Bertz CT molecular complexity index is 5430. The van der Waals surface area contributed by atoms with Gasteiger partial charge in [0, 0.05) is 64.6 Å². The third-order valence-electron chi connectivity index (χ3n) is 22.2. The van der Waals surface area contributed by atoms with Crippen LogP contribution in [0.15, 0.2) is 237 Å². The van der Waals surface area contributed by atoms with E-state index in [2.05, 4.69) is 292 Å². The van der Waals surface area contributed by atoms with Gasteiger partial charge in [-0.15, -0.1) is 0 Å². The highest BCUT2D eigenvalue weighted by molar-refractivity contribution is 7.45. The van der Waals surface area contributed by atoms with Crippen LogP contribution in [0.3, 0.4) is 0 Å². The van der Waals surface area contributed by atoms with Gasteiger partial charge in [0.1, 0.15) is 51.7 Å². The van der Waals surface area contributed by atoms with E-state index in [1.807, 2.05) is 105 Å². The molecule has 1 fully saturated rings. The van der Waals surface area contributed by atoms with Gasteiger partial charge < -0.3 is 37.9 Å². The zero-order valence-corrected chi connectivity index (χ0v) is 71.3. The van der Waals surface area contributed by atoms with Crippen molar-refractivity contribution in [2.75, 3.05) is 76.1 Å². The van der Waals surface area contributed by atoms with Crippen molar-refractivity contribution >= 4 is 56.5 Å². The van der Waals surface area contributed by atoms with Gasteiger partial charge in [-0.1, -0.05) is 186 Å². The molecule has 11 aromatic rings. The minimum atomic E-state index is -0.511. The molecule has 0 atom stereocenters. The summed E-state index contributed by atoms with van der Waals surface area (Å²) >= 11 is 0. The number of nitrogens with zero attached hydrogens (tertiary/aromatic N) is 7. The van der Waals surface area contributed by atoms with Crippen molar-refractivity contribution in [2.45, 2.75) is 118 Å². The average Bonchev–Trinajstić information content (AvgIpc) is 0.741. The van der Waals surface area contributed by atoms with Gasteiger partial charge in [0.15, 0.2) is 37.1 Å². The highest BCUT2D eigenvalue weighted by atomic mass is 31.2. The van der Waals surface area contributed by atoms with Crippen LogP contribution < -0.4 is 37.9 Å². The molecule has 0 amide bonds. The summed E-state index contributed by atoms with van der Waals surface area (Å²) in [5, 5.41) is 0. The number of rotatable bonds is 15. The molecule has 0 bridgehead atoms. The molecule has 5 aliphatic heterocycles. The van der Waals surface area contributed by atoms with Gasteiger partial charge in [0.25, 0.3) is 33.7 Å². The largest absolute Gasteiger partial charge is 0.497 e. The summed E-state index contributed by atoms with van der Waals surface area (Å²) in [6.07, 6.45) is 17.6. The summed E-state index contributed by atoms with van der Waals surface area (Å²) in [4.78, 5) is 0. The number of methoxy groups -OCH3 is 2. The zero-order chi connectivity index (χ0) is 81.6. The van der Waals surface area contributed by atoms with Crippen molar-refractivity contribution in [3.63, 3.8) is 0 Å². The normalized spacial score (nSPS) is 14.5. The third-order valence-corrected chi connectivity index (χ3v) is 24.3. The maximum Gasteiger partial charge on any atom is 0.353 e. The molecule has 0 radical (unpaired) electrons. The summed E-state index contributed by atoms with van der Waals surface area (Å²) in [5.41, 5.74) is 20.7. The van der Waals surface area contributed by atoms with Gasteiger partial charge in [-0.05, 0) is 182 Å². The minimum absolute atomic E-state index is 0.156. The molecule has 596 valence electrons. The molecule has 5 heterocycles. The van der Waals surface area contributed by atoms with Crippen LogP contribution in [0.1, 0.15) is 143 Å². The second kappa shape index (κ2) is 37.4. The lowest BCUT2D eigenvalue weighted by molar-refractivity contribution is -0.594. The van der Waals surface area contributed by atoms with Crippen LogP contribution in [0.25, 0.3) is 0 Å². The highest BCUT2D eigenvalue weighted by Crippen LogP contribution is 2.46. The van der Waals surface area contributed by atoms with Crippen molar-refractivity contribution in [2.24, 2.45) is 0 Å². The first-order valence-electron chi connectivity index (χ1n) is 40.2. The predicted molar refractivity (Wildman–Crippen MR) is 471 cm³/mol. The van der Waals surface area contributed by atoms with Crippen molar-refractivity contribution in [1.82, 2.24) is 9.34 Å². The first-order chi connectivity index (χ1) is 56.0. The van der Waals surface area contributed by atoms with Crippen LogP contribution in [-0.4, -0.2) is 145 Å².